The van der Waals surface area contributed by atoms with Gasteiger partial charge in [0.15, 0.2) is 0 Å². The molecule has 0 aliphatic rings. The van der Waals surface area contributed by atoms with Gasteiger partial charge in [-0.2, -0.15) is 0 Å². The highest BCUT2D eigenvalue weighted by Gasteiger charge is 2.07. The monoisotopic (exact) mass is 238 g/mol. The van der Waals surface area contributed by atoms with E-state index in [1.165, 1.54) is 0 Å². The first-order valence-corrected chi connectivity index (χ1v) is 5.77. The molecule has 0 saturated carbocycles. The van der Waals surface area contributed by atoms with Gasteiger partial charge in [0.2, 0.25) is 0 Å². The third kappa shape index (κ3) is 4.54. The van der Waals surface area contributed by atoms with E-state index in [0.29, 0.717) is 5.82 Å². The van der Waals surface area contributed by atoms with Crippen LogP contribution in [0.3, 0.4) is 0 Å². The minimum Gasteiger partial charge on any atom is -0.369 e. The third-order valence-electron chi connectivity index (χ3n) is 2.27. The maximum absolute atomic E-state index is 5.39. The van der Waals surface area contributed by atoms with Crippen LogP contribution in [0.25, 0.3) is 0 Å². The summed E-state index contributed by atoms with van der Waals surface area (Å²) in [4.78, 5) is 10.8. The quantitative estimate of drug-likeness (QED) is 0.504. The first kappa shape index (κ1) is 13.7. The lowest BCUT2D eigenvalue weighted by atomic mass is 10.2. The fourth-order valence-electron chi connectivity index (χ4n) is 1.30. The van der Waals surface area contributed by atoms with Crippen molar-refractivity contribution < 1.29 is 0 Å². The van der Waals surface area contributed by atoms with Crippen LogP contribution in [0.2, 0.25) is 0 Å². The van der Waals surface area contributed by atoms with Crippen molar-refractivity contribution in [3.63, 3.8) is 0 Å². The Labute approximate surface area is 103 Å². The molecule has 0 aliphatic heterocycles. The van der Waals surface area contributed by atoms with E-state index < -0.39 is 0 Å². The molecule has 96 valence electrons. The lowest BCUT2D eigenvalue weighted by Gasteiger charge is -2.13. The molecule has 1 heterocycles. The Morgan fingerprint density at radius 1 is 1.29 bits per heavy atom. The Kier molecular flexibility index (Phi) is 5.11. The van der Waals surface area contributed by atoms with Crippen LogP contribution >= 0.6 is 0 Å². The Balaban J connectivity index is 2.73. The van der Waals surface area contributed by atoms with Gasteiger partial charge in [0.1, 0.15) is 17.5 Å². The van der Waals surface area contributed by atoms with Gasteiger partial charge in [0.25, 0.3) is 0 Å². The number of nitrogens with one attached hydrogen (secondary N) is 2. The lowest BCUT2D eigenvalue weighted by Crippen LogP contribution is -2.21. The molecule has 0 fully saturated rings. The molecule has 0 aliphatic carbocycles. The molecule has 4 N–H and O–H groups in total. The number of aromatic nitrogens is 2. The zero-order valence-electron chi connectivity index (χ0n) is 11.0. The average Bonchev–Trinajstić information content (AvgIpc) is 2.28. The van der Waals surface area contributed by atoms with E-state index in [0.717, 1.165) is 24.7 Å². The zero-order valence-corrected chi connectivity index (χ0v) is 11.0. The van der Waals surface area contributed by atoms with Crippen molar-refractivity contribution in [2.45, 2.75) is 19.8 Å². The molecule has 0 spiro atoms. The number of likely N-dealkylation sites (N-methyl/N-ethyl adjacent to an activating group) is 1. The first-order valence-electron chi connectivity index (χ1n) is 5.77. The van der Waals surface area contributed by atoms with Crippen molar-refractivity contribution in [3.8, 4) is 0 Å². The minimum atomic E-state index is 0.276. The smallest absolute Gasteiger partial charge is 0.145 e. The number of hydrazine groups is 1. The molecule has 1 aromatic rings. The van der Waals surface area contributed by atoms with Gasteiger partial charge >= 0.3 is 0 Å². The number of nitrogens with zero attached hydrogens (tertiary/aromatic N) is 3. The molecular weight excluding hydrogens is 216 g/mol. The Morgan fingerprint density at radius 3 is 2.47 bits per heavy atom. The van der Waals surface area contributed by atoms with Crippen LogP contribution in [0.15, 0.2) is 6.07 Å². The van der Waals surface area contributed by atoms with Crippen LogP contribution in [0.1, 0.15) is 25.6 Å². The standard InChI is InChI=1S/C11H22N6/c1-8(2)11-14-9(7-10(15-11)16-12)13-5-6-17(3)4/h7-8H,5-6,12H2,1-4H3,(H2,13,14,15,16). The number of nitrogens with two attached hydrogens (primary N) is 1. The number of rotatable bonds is 6. The maximum Gasteiger partial charge on any atom is 0.145 e. The highest BCUT2D eigenvalue weighted by Crippen LogP contribution is 2.15. The normalized spacial score (nSPS) is 11.0. The lowest BCUT2D eigenvalue weighted by molar-refractivity contribution is 0.425. The van der Waals surface area contributed by atoms with Crippen molar-refractivity contribution >= 4 is 11.6 Å². The van der Waals surface area contributed by atoms with E-state index in [2.05, 4.69) is 39.5 Å². The summed E-state index contributed by atoms with van der Waals surface area (Å²) in [5.41, 5.74) is 2.56. The van der Waals surface area contributed by atoms with Crippen molar-refractivity contribution in [2.75, 3.05) is 37.9 Å². The number of anilines is 2. The molecule has 0 atom stereocenters. The molecular formula is C11H22N6. The Hall–Kier alpha value is -1.40. The van der Waals surface area contributed by atoms with Gasteiger partial charge in [0, 0.05) is 25.1 Å². The number of nitrogen functional groups attached to an aromatic ring is 1. The van der Waals surface area contributed by atoms with E-state index in [-0.39, 0.29) is 5.92 Å². The second-order valence-corrected chi connectivity index (χ2v) is 4.53. The van der Waals surface area contributed by atoms with Crippen molar-refractivity contribution in [3.05, 3.63) is 11.9 Å². The summed E-state index contributed by atoms with van der Waals surface area (Å²) in [6.45, 7) is 5.90. The second-order valence-electron chi connectivity index (χ2n) is 4.53. The molecule has 1 rings (SSSR count). The Bertz CT molecular complexity index is 350. The van der Waals surface area contributed by atoms with Gasteiger partial charge in [-0.05, 0) is 14.1 Å². The van der Waals surface area contributed by atoms with Crippen LogP contribution < -0.4 is 16.6 Å². The fourth-order valence-corrected chi connectivity index (χ4v) is 1.30. The first-order chi connectivity index (χ1) is 8.02. The van der Waals surface area contributed by atoms with Crippen LogP contribution in [-0.4, -0.2) is 42.1 Å². The fraction of sp³-hybridized carbons (Fsp3) is 0.636. The van der Waals surface area contributed by atoms with Crippen LogP contribution in [0.5, 0.6) is 0 Å². The zero-order chi connectivity index (χ0) is 12.8. The van der Waals surface area contributed by atoms with Crippen LogP contribution in [-0.2, 0) is 0 Å². The summed E-state index contributed by atoms with van der Waals surface area (Å²) in [5.74, 6) is 7.89. The molecule has 0 saturated heterocycles. The third-order valence-corrected chi connectivity index (χ3v) is 2.27. The van der Waals surface area contributed by atoms with Crippen LogP contribution in [0, 0.1) is 0 Å². The predicted molar refractivity (Wildman–Crippen MR) is 71.0 cm³/mol. The molecule has 0 aromatic carbocycles. The van der Waals surface area contributed by atoms with Crippen molar-refractivity contribution in [1.29, 1.82) is 0 Å². The largest absolute Gasteiger partial charge is 0.369 e. The molecule has 1 aromatic heterocycles. The molecule has 0 bridgehead atoms. The predicted octanol–water partition coefficient (Wildman–Crippen LogP) is 0.859. The van der Waals surface area contributed by atoms with Crippen LogP contribution in [0.4, 0.5) is 11.6 Å². The molecule has 6 nitrogen and oxygen atoms in total. The summed E-state index contributed by atoms with van der Waals surface area (Å²) >= 11 is 0. The molecule has 0 unspecified atom stereocenters. The van der Waals surface area contributed by atoms with Gasteiger partial charge in [-0.3, -0.25) is 0 Å². The average molecular weight is 238 g/mol. The number of hydrogen-bond donors (Lipinski definition) is 3. The summed E-state index contributed by atoms with van der Waals surface area (Å²) < 4.78 is 0. The van der Waals surface area contributed by atoms with Crippen molar-refractivity contribution in [2.24, 2.45) is 5.84 Å². The maximum atomic E-state index is 5.39. The van der Waals surface area contributed by atoms with Gasteiger partial charge in [0.05, 0.1) is 0 Å². The van der Waals surface area contributed by atoms with Gasteiger partial charge in [-0.25, -0.2) is 15.8 Å². The summed E-state index contributed by atoms with van der Waals surface area (Å²) in [6.07, 6.45) is 0. The number of hydrogen-bond acceptors (Lipinski definition) is 6. The van der Waals surface area contributed by atoms with Gasteiger partial charge in [-0.15, -0.1) is 0 Å². The van der Waals surface area contributed by atoms with Gasteiger partial charge < -0.3 is 15.6 Å². The summed E-state index contributed by atoms with van der Waals surface area (Å²) in [6, 6.07) is 1.81. The van der Waals surface area contributed by atoms with E-state index >= 15 is 0 Å². The second kappa shape index (κ2) is 6.36. The Morgan fingerprint density at radius 2 is 1.94 bits per heavy atom. The summed E-state index contributed by atoms with van der Waals surface area (Å²) in [7, 11) is 4.07. The van der Waals surface area contributed by atoms with Crippen molar-refractivity contribution in [1.82, 2.24) is 14.9 Å². The highest BCUT2D eigenvalue weighted by molar-refractivity contribution is 5.47. The van der Waals surface area contributed by atoms with E-state index in [4.69, 9.17) is 5.84 Å². The highest BCUT2D eigenvalue weighted by atomic mass is 15.3. The molecule has 0 amide bonds. The van der Waals surface area contributed by atoms with E-state index in [1.807, 2.05) is 20.2 Å². The molecule has 6 heteroatoms. The summed E-state index contributed by atoms with van der Waals surface area (Å²) in [5, 5.41) is 3.26. The van der Waals surface area contributed by atoms with E-state index in [9.17, 15) is 0 Å². The topological polar surface area (TPSA) is 79.1 Å². The molecule has 17 heavy (non-hydrogen) atoms. The minimum absolute atomic E-state index is 0.276. The molecule has 0 radical (unpaired) electrons. The van der Waals surface area contributed by atoms with E-state index in [1.54, 1.807) is 0 Å². The van der Waals surface area contributed by atoms with Gasteiger partial charge in [-0.1, -0.05) is 13.8 Å². The SMILES string of the molecule is CC(C)c1nc(NN)cc(NCCN(C)C)n1.